The van der Waals surface area contributed by atoms with Crippen molar-refractivity contribution in [2.75, 3.05) is 17.7 Å². The summed E-state index contributed by atoms with van der Waals surface area (Å²) in [7, 11) is 1.55. The van der Waals surface area contributed by atoms with Gasteiger partial charge in [-0.2, -0.15) is 13.2 Å². The monoisotopic (exact) mass is 378 g/mol. The minimum Gasteiger partial charge on any atom is -0.495 e. The van der Waals surface area contributed by atoms with E-state index in [1.54, 1.807) is 19.2 Å². The van der Waals surface area contributed by atoms with Gasteiger partial charge in [-0.25, -0.2) is 4.98 Å². The van der Waals surface area contributed by atoms with Gasteiger partial charge < -0.3 is 20.4 Å². The number of pyridine rings is 1. The Bertz CT molecular complexity index is 936. The summed E-state index contributed by atoms with van der Waals surface area (Å²) in [6, 6.07) is 8.85. The zero-order valence-corrected chi connectivity index (χ0v) is 15.2. The van der Waals surface area contributed by atoms with Gasteiger partial charge in [0.1, 0.15) is 17.2 Å². The van der Waals surface area contributed by atoms with Crippen molar-refractivity contribution in [1.82, 2.24) is 9.97 Å². The highest BCUT2D eigenvalue weighted by atomic mass is 19.4. The van der Waals surface area contributed by atoms with Crippen LogP contribution in [0.1, 0.15) is 25.8 Å². The van der Waals surface area contributed by atoms with Crippen LogP contribution in [-0.2, 0) is 6.18 Å². The molecule has 0 aliphatic rings. The van der Waals surface area contributed by atoms with E-state index in [9.17, 15) is 13.2 Å². The van der Waals surface area contributed by atoms with E-state index >= 15 is 0 Å². The lowest BCUT2D eigenvalue weighted by Crippen LogP contribution is -2.15. The topological polar surface area (TPSA) is 62.0 Å². The Labute approximate surface area is 154 Å². The maximum atomic E-state index is 13.4. The number of H-pyrrole nitrogens is 1. The van der Waals surface area contributed by atoms with E-state index in [0.717, 1.165) is 12.6 Å². The Morgan fingerprint density at radius 1 is 1.22 bits per heavy atom. The second-order valence-electron chi connectivity index (χ2n) is 6.26. The largest absolute Gasteiger partial charge is 0.495 e. The summed E-state index contributed by atoms with van der Waals surface area (Å²) in [5, 5.41) is 6.31. The Hall–Kier alpha value is -2.90. The first kappa shape index (κ1) is 18.9. The van der Waals surface area contributed by atoms with E-state index < -0.39 is 11.7 Å². The van der Waals surface area contributed by atoms with E-state index in [1.807, 2.05) is 32.0 Å². The summed E-state index contributed by atoms with van der Waals surface area (Å²) in [6.07, 6.45) is -2.75. The van der Waals surface area contributed by atoms with Crippen LogP contribution in [0.3, 0.4) is 0 Å². The minimum atomic E-state index is -4.47. The molecule has 3 rings (SSSR count). The predicted octanol–water partition coefficient (Wildman–Crippen LogP) is 5.54. The number of aromatic nitrogens is 2. The highest BCUT2D eigenvalue weighted by molar-refractivity contribution is 5.95. The second-order valence-corrected chi connectivity index (χ2v) is 6.26. The molecule has 0 amide bonds. The highest BCUT2D eigenvalue weighted by Crippen LogP contribution is 2.39. The highest BCUT2D eigenvalue weighted by Gasteiger charge is 2.35. The smallest absolute Gasteiger partial charge is 0.418 e. The van der Waals surface area contributed by atoms with Gasteiger partial charge in [0.2, 0.25) is 0 Å². The molecular formula is C19H21F3N4O. The number of nitrogens with one attached hydrogen (secondary N) is 3. The van der Waals surface area contributed by atoms with E-state index in [2.05, 4.69) is 20.6 Å². The van der Waals surface area contributed by atoms with Crippen LogP contribution in [0.15, 0.2) is 36.5 Å². The standard InChI is InChI=1S/C19H21F3N4O/c1-4-11(2)24-14-9-16(25-13-7-5-6-8-15(13)27-3)26-18-17(14)12(10-23-18)19(20,21)22/h5-11H,4H2,1-3H3,(H3,23,24,25,26)/t11-/m0/s1. The fraction of sp³-hybridized carbons (Fsp3) is 0.316. The maximum Gasteiger partial charge on any atom is 0.418 e. The van der Waals surface area contributed by atoms with Crippen molar-refractivity contribution < 1.29 is 17.9 Å². The van der Waals surface area contributed by atoms with Crippen molar-refractivity contribution in [2.24, 2.45) is 0 Å². The Balaban J connectivity index is 2.10. The van der Waals surface area contributed by atoms with Gasteiger partial charge in [-0.1, -0.05) is 19.1 Å². The molecule has 0 unspecified atom stereocenters. The van der Waals surface area contributed by atoms with E-state index in [-0.39, 0.29) is 17.1 Å². The first-order valence-electron chi connectivity index (χ1n) is 8.59. The predicted molar refractivity (Wildman–Crippen MR) is 101 cm³/mol. The molecule has 0 saturated carbocycles. The summed E-state index contributed by atoms with van der Waals surface area (Å²) in [5.74, 6) is 1.02. The van der Waals surface area contributed by atoms with Gasteiger partial charge in [0.15, 0.2) is 0 Å². The summed E-state index contributed by atoms with van der Waals surface area (Å²) >= 11 is 0. The van der Waals surface area contributed by atoms with Crippen LogP contribution < -0.4 is 15.4 Å². The first-order chi connectivity index (χ1) is 12.8. The van der Waals surface area contributed by atoms with Gasteiger partial charge in [-0.15, -0.1) is 0 Å². The van der Waals surface area contributed by atoms with Gasteiger partial charge in [-0.05, 0) is 25.5 Å². The van der Waals surface area contributed by atoms with Crippen molar-refractivity contribution >= 4 is 28.2 Å². The molecule has 5 nitrogen and oxygen atoms in total. The van der Waals surface area contributed by atoms with Crippen LogP contribution in [0.2, 0.25) is 0 Å². The molecule has 0 spiro atoms. The molecule has 1 atom stereocenters. The quantitative estimate of drug-likeness (QED) is 0.527. The SMILES string of the molecule is CC[C@H](C)Nc1cc(Nc2ccccc2OC)nc2[nH]cc(C(F)(F)F)c12. The van der Waals surface area contributed by atoms with E-state index in [4.69, 9.17) is 4.74 Å². The molecule has 3 aromatic rings. The van der Waals surface area contributed by atoms with Crippen molar-refractivity contribution in [3.63, 3.8) is 0 Å². The third-order valence-electron chi connectivity index (χ3n) is 4.33. The number of alkyl halides is 3. The number of aromatic amines is 1. The van der Waals surface area contributed by atoms with Gasteiger partial charge in [0.05, 0.1) is 23.7 Å². The molecule has 2 aromatic heterocycles. The Morgan fingerprint density at radius 3 is 2.63 bits per heavy atom. The zero-order chi connectivity index (χ0) is 19.6. The fourth-order valence-electron chi connectivity index (χ4n) is 2.79. The van der Waals surface area contributed by atoms with Crippen LogP contribution in [0.4, 0.5) is 30.4 Å². The summed E-state index contributed by atoms with van der Waals surface area (Å²) in [5.41, 5.74) is 0.469. The average molecular weight is 378 g/mol. The number of halogens is 3. The molecular weight excluding hydrogens is 357 g/mol. The third-order valence-corrected chi connectivity index (χ3v) is 4.33. The molecule has 0 aliphatic carbocycles. The molecule has 0 fully saturated rings. The number of anilines is 3. The number of hydrogen-bond acceptors (Lipinski definition) is 4. The Kier molecular flexibility index (Phi) is 5.16. The zero-order valence-electron chi connectivity index (χ0n) is 15.2. The molecule has 144 valence electrons. The normalized spacial score (nSPS) is 12.8. The van der Waals surface area contributed by atoms with Crippen LogP contribution >= 0.6 is 0 Å². The Morgan fingerprint density at radius 2 is 1.96 bits per heavy atom. The van der Waals surface area contributed by atoms with Gasteiger partial charge in [0, 0.05) is 24.0 Å². The molecule has 0 radical (unpaired) electrons. The fourth-order valence-corrected chi connectivity index (χ4v) is 2.79. The van der Waals surface area contributed by atoms with Crippen molar-refractivity contribution in [2.45, 2.75) is 32.5 Å². The first-order valence-corrected chi connectivity index (χ1v) is 8.59. The molecule has 0 aliphatic heterocycles. The number of para-hydroxylation sites is 2. The minimum absolute atomic E-state index is 0.00527. The number of nitrogens with zero attached hydrogens (tertiary/aromatic N) is 1. The van der Waals surface area contributed by atoms with Gasteiger partial charge >= 0.3 is 6.18 Å². The molecule has 8 heteroatoms. The van der Waals surface area contributed by atoms with E-state index in [0.29, 0.717) is 22.9 Å². The third kappa shape index (κ3) is 3.94. The number of methoxy groups -OCH3 is 1. The average Bonchev–Trinajstić information content (AvgIpc) is 3.06. The van der Waals surface area contributed by atoms with Gasteiger partial charge in [-0.3, -0.25) is 0 Å². The molecule has 1 aromatic carbocycles. The summed E-state index contributed by atoms with van der Waals surface area (Å²) in [4.78, 5) is 6.95. The van der Waals surface area contributed by atoms with Crippen LogP contribution in [0.5, 0.6) is 5.75 Å². The molecule has 2 heterocycles. The molecule has 0 bridgehead atoms. The summed E-state index contributed by atoms with van der Waals surface area (Å²) in [6.45, 7) is 3.88. The van der Waals surface area contributed by atoms with Gasteiger partial charge in [0.25, 0.3) is 0 Å². The second kappa shape index (κ2) is 7.38. The number of rotatable bonds is 6. The van der Waals surface area contributed by atoms with Crippen LogP contribution in [0.25, 0.3) is 11.0 Å². The number of hydrogen-bond donors (Lipinski definition) is 3. The van der Waals surface area contributed by atoms with Crippen molar-refractivity contribution in [3.05, 3.63) is 42.1 Å². The lowest BCUT2D eigenvalue weighted by atomic mass is 10.1. The molecule has 27 heavy (non-hydrogen) atoms. The lowest BCUT2D eigenvalue weighted by molar-refractivity contribution is -0.136. The molecule has 0 saturated heterocycles. The maximum absolute atomic E-state index is 13.4. The van der Waals surface area contributed by atoms with Crippen LogP contribution in [0, 0.1) is 0 Å². The van der Waals surface area contributed by atoms with Crippen LogP contribution in [-0.4, -0.2) is 23.1 Å². The van der Waals surface area contributed by atoms with E-state index in [1.165, 1.54) is 0 Å². The molecule has 3 N–H and O–H groups in total. The number of benzene rings is 1. The number of fused-ring (bicyclic) bond motifs is 1. The van der Waals surface area contributed by atoms with Crippen molar-refractivity contribution in [3.8, 4) is 5.75 Å². The van der Waals surface area contributed by atoms with Crippen molar-refractivity contribution in [1.29, 1.82) is 0 Å². The lowest BCUT2D eigenvalue weighted by Gasteiger charge is -2.17. The summed E-state index contributed by atoms with van der Waals surface area (Å²) < 4.78 is 45.5. The number of ether oxygens (including phenoxy) is 1.